The summed E-state index contributed by atoms with van der Waals surface area (Å²) in [5.41, 5.74) is 3.01. The lowest BCUT2D eigenvalue weighted by Gasteiger charge is -2.25. The average Bonchev–Trinajstić information content (AvgIpc) is 2.93. The maximum atomic E-state index is 13.0. The molecule has 0 saturated carbocycles. The first-order valence-corrected chi connectivity index (χ1v) is 10.6. The molecule has 2 aromatic carbocycles. The van der Waals surface area contributed by atoms with Crippen molar-refractivity contribution in [2.45, 2.75) is 21.7 Å². The van der Waals surface area contributed by atoms with Crippen molar-refractivity contribution in [1.82, 2.24) is 0 Å². The van der Waals surface area contributed by atoms with Crippen molar-refractivity contribution in [3.63, 3.8) is 0 Å². The molecule has 3 nitrogen and oxygen atoms in total. The number of para-hydroxylation sites is 1. The molecule has 128 valence electrons. The van der Waals surface area contributed by atoms with Crippen LogP contribution in [0, 0.1) is 0 Å². The van der Waals surface area contributed by atoms with Crippen LogP contribution in [0.3, 0.4) is 0 Å². The first-order valence-electron chi connectivity index (χ1n) is 8.19. The quantitative estimate of drug-likeness (QED) is 0.573. The van der Waals surface area contributed by atoms with Crippen LogP contribution in [0.2, 0.25) is 0 Å². The second kappa shape index (κ2) is 5.87. The summed E-state index contributed by atoms with van der Waals surface area (Å²) in [5, 5.41) is 0. The average molecular weight is 396 g/mol. The summed E-state index contributed by atoms with van der Waals surface area (Å²) >= 11 is 4.76. The molecule has 0 fully saturated rings. The molecule has 1 aliphatic carbocycles. The van der Waals surface area contributed by atoms with Crippen molar-refractivity contribution < 1.29 is 9.59 Å². The van der Waals surface area contributed by atoms with Gasteiger partial charge in [-0.25, -0.2) is 0 Å². The van der Waals surface area contributed by atoms with Crippen LogP contribution in [0.4, 0.5) is 5.69 Å². The molecule has 0 saturated heterocycles. The van der Waals surface area contributed by atoms with E-state index in [9.17, 15) is 9.59 Å². The van der Waals surface area contributed by atoms with Gasteiger partial charge in [-0.1, -0.05) is 71.7 Å². The lowest BCUT2D eigenvalue weighted by atomic mass is 9.94. The van der Waals surface area contributed by atoms with E-state index in [4.69, 9.17) is 4.99 Å². The van der Waals surface area contributed by atoms with Gasteiger partial charge in [-0.05, 0) is 19.1 Å². The summed E-state index contributed by atoms with van der Waals surface area (Å²) in [4.78, 5) is 33.0. The Morgan fingerprint density at radius 3 is 2.08 bits per heavy atom. The molecule has 6 heteroatoms. The molecule has 1 spiro atoms. The van der Waals surface area contributed by atoms with Crippen LogP contribution in [-0.4, -0.2) is 20.7 Å². The molecule has 0 aromatic heterocycles. The highest BCUT2D eigenvalue weighted by Gasteiger charge is 2.49. The Hall–Kier alpha value is -1.76. The molecule has 0 atom stereocenters. The maximum absolute atomic E-state index is 13.0. The number of fused-ring (bicyclic) bond motifs is 2. The number of rotatable bonds is 0. The van der Waals surface area contributed by atoms with Crippen LogP contribution in [-0.2, 0) is 0 Å². The van der Waals surface area contributed by atoms with Gasteiger partial charge in [-0.15, -0.1) is 0 Å². The summed E-state index contributed by atoms with van der Waals surface area (Å²) in [7, 11) is 0. The van der Waals surface area contributed by atoms with E-state index in [2.05, 4.69) is 6.07 Å². The van der Waals surface area contributed by atoms with Gasteiger partial charge in [-0.3, -0.25) is 14.6 Å². The highest BCUT2D eigenvalue weighted by atomic mass is 32.3. The monoisotopic (exact) mass is 395 g/mol. The van der Waals surface area contributed by atoms with Crippen molar-refractivity contribution in [2.24, 2.45) is 4.99 Å². The number of Topliss-reactive ketones (excluding diaryl/α,β-unsaturated/α-hetero) is 2. The van der Waals surface area contributed by atoms with Crippen LogP contribution in [0.25, 0.3) is 0 Å². The fraction of sp³-hybridized carbons (Fsp3) is 0.150. The van der Waals surface area contributed by atoms with Gasteiger partial charge in [0.1, 0.15) is 3.41 Å². The molecule has 26 heavy (non-hydrogen) atoms. The zero-order chi connectivity index (χ0) is 17.9. The molecule has 5 rings (SSSR count). The maximum Gasteiger partial charge on any atom is 0.201 e. The summed E-state index contributed by atoms with van der Waals surface area (Å²) in [6, 6.07) is 15.2. The highest BCUT2D eigenvalue weighted by Crippen LogP contribution is 2.66. The van der Waals surface area contributed by atoms with Crippen molar-refractivity contribution >= 4 is 58.3 Å². The fourth-order valence-corrected chi connectivity index (χ4v) is 8.59. The van der Waals surface area contributed by atoms with Crippen molar-refractivity contribution in [3.05, 3.63) is 69.5 Å². The van der Waals surface area contributed by atoms with Gasteiger partial charge in [0.05, 0.1) is 15.5 Å². The highest BCUT2D eigenvalue weighted by molar-refractivity contribution is 8.38. The molecule has 2 aromatic rings. The Kier molecular flexibility index (Phi) is 3.71. The van der Waals surface area contributed by atoms with E-state index in [0.717, 1.165) is 16.3 Å². The summed E-state index contributed by atoms with van der Waals surface area (Å²) in [5.74, 6) is -0.0606. The van der Waals surface area contributed by atoms with Gasteiger partial charge in [-0.2, -0.15) is 0 Å². The van der Waals surface area contributed by atoms with E-state index < -0.39 is 0 Å². The van der Waals surface area contributed by atoms with E-state index in [1.807, 2.05) is 37.3 Å². The number of carbonyl (C=O) groups excluding carboxylic acids is 2. The second-order valence-electron chi connectivity index (χ2n) is 6.34. The van der Waals surface area contributed by atoms with Crippen LogP contribution >= 0.6 is 35.3 Å². The minimum Gasteiger partial charge on any atom is -0.288 e. The molecular formula is C20H13NO2S3. The lowest BCUT2D eigenvalue weighted by Crippen LogP contribution is -2.17. The van der Waals surface area contributed by atoms with E-state index in [0.29, 0.717) is 27.4 Å². The Bertz CT molecular complexity index is 1010. The number of hydrogen-bond acceptors (Lipinski definition) is 6. The number of aliphatic imine (C=N–C) groups is 1. The number of benzene rings is 2. The Balaban J connectivity index is 1.58. The topological polar surface area (TPSA) is 46.5 Å². The predicted octanol–water partition coefficient (Wildman–Crippen LogP) is 5.70. The number of hydrogen-bond donors (Lipinski definition) is 0. The Morgan fingerprint density at radius 2 is 1.42 bits per heavy atom. The first-order chi connectivity index (χ1) is 12.6. The van der Waals surface area contributed by atoms with Gasteiger partial charge in [0.25, 0.3) is 0 Å². The second-order valence-corrected chi connectivity index (χ2v) is 11.1. The SMILES string of the molecule is CC1=Nc2ccccc2SC2(C1)SC1=C(S2)C(=O)c2ccccc2C1=O. The smallest absolute Gasteiger partial charge is 0.201 e. The molecule has 0 radical (unpaired) electrons. The van der Waals surface area contributed by atoms with Crippen LogP contribution < -0.4 is 0 Å². The third-order valence-corrected chi connectivity index (χ3v) is 9.21. The number of thioether (sulfide) groups is 3. The standard InChI is InChI=1S/C20H13NO2S3/c1-11-10-20(24-15-9-5-4-8-14(15)21-11)25-18-16(22)12-6-2-3-7-13(12)17(23)19(18)26-20/h2-9H,10H2,1H3. The molecule has 0 N–H and O–H groups in total. The van der Waals surface area contributed by atoms with Gasteiger partial charge < -0.3 is 0 Å². The summed E-state index contributed by atoms with van der Waals surface area (Å²) < 4.78 is -0.363. The number of carbonyl (C=O) groups is 2. The first kappa shape index (κ1) is 16.4. The number of ketones is 2. The zero-order valence-electron chi connectivity index (χ0n) is 13.8. The lowest BCUT2D eigenvalue weighted by molar-refractivity contribution is 0.0988. The molecule has 3 aliphatic rings. The van der Waals surface area contributed by atoms with Crippen molar-refractivity contribution in [1.29, 1.82) is 0 Å². The van der Waals surface area contributed by atoms with Gasteiger partial charge in [0.15, 0.2) is 0 Å². The van der Waals surface area contributed by atoms with Crippen molar-refractivity contribution in [3.8, 4) is 0 Å². The summed E-state index contributed by atoms with van der Waals surface area (Å²) in [6.45, 7) is 2.02. The van der Waals surface area contributed by atoms with Crippen LogP contribution in [0.15, 0.2) is 68.2 Å². The Labute approximate surface area is 163 Å². The predicted molar refractivity (Wildman–Crippen MR) is 110 cm³/mol. The molecule has 2 aliphatic heterocycles. The molecule has 2 heterocycles. The van der Waals surface area contributed by atoms with E-state index >= 15 is 0 Å². The van der Waals surface area contributed by atoms with Gasteiger partial charge in [0, 0.05) is 28.2 Å². The Morgan fingerprint density at radius 1 is 0.846 bits per heavy atom. The van der Waals surface area contributed by atoms with Crippen LogP contribution in [0.1, 0.15) is 34.1 Å². The minimum atomic E-state index is -0.363. The third kappa shape index (κ3) is 2.43. The van der Waals surface area contributed by atoms with Gasteiger partial charge >= 0.3 is 0 Å². The van der Waals surface area contributed by atoms with Gasteiger partial charge in [0.2, 0.25) is 11.6 Å². The van der Waals surface area contributed by atoms with E-state index in [-0.39, 0.29) is 15.0 Å². The molecule has 0 unspecified atom stereocenters. The van der Waals surface area contributed by atoms with E-state index in [1.54, 1.807) is 23.9 Å². The molecular weight excluding hydrogens is 382 g/mol. The normalized spacial score (nSPS) is 20.4. The zero-order valence-corrected chi connectivity index (χ0v) is 16.3. The minimum absolute atomic E-state index is 0.0303. The number of nitrogens with zero attached hydrogens (tertiary/aromatic N) is 1. The fourth-order valence-electron chi connectivity index (χ4n) is 3.36. The van der Waals surface area contributed by atoms with Crippen LogP contribution in [0.5, 0.6) is 0 Å². The number of allylic oxidation sites excluding steroid dienone is 2. The summed E-state index contributed by atoms with van der Waals surface area (Å²) in [6.07, 6.45) is 0.714. The van der Waals surface area contributed by atoms with E-state index in [1.165, 1.54) is 23.5 Å². The third-order valence-electron chi connectivity index (χ3n) is 4.46. The molecule has 0 bridgehead atoms. The van der Waals surface area contributed by atoms with Crippen molar-refractivity contribution in [2.75, 3.05) is 0 Å². The molecule has 0 amide bonds. The largest absolute Gasteiger partial charge is 0.288 e.